The number of nitrogens with zero attached hydrogens (tertiary/aromatic N) is 2. The maximum absolute atomic E-state index is 13.7. The van der Waals surface area contributed by atoms with E-state index >= 15 is 0 Å². The molecule has 13 nitrogen and oxygen atoms in total. The van der Waals surface area contributed by atoms with Crippen LogP contribution in [0.3, 0.4) is 0 Å². The van der Waals surface area contributed by atoms with Gasteiger partial charge in [0.15, 0.2) is 4.11 Å². The molecule has 0 unspecified atom stereocenters. The third-order valence-corrected chi connectivity index (χ3v) is 13.0. The molecule has 56 heavy (non-hydrogen) atoms. The first kappa shape index (κ1) is 45.9. The average molecular weight is 915 g/mol. The third-order valence-electron chi connectivity index (χ3n) is 11.2. The van der Waals surface area contributed by atoms with E-state index in [1.165, 1.54) is 27.9 Å². The van der Waals surface area contributed by atoms with Crippen LogP contribution in [-0.2, 0) is 25.5 Å². The fraction of sp³-hybridized carbons (Fsp3) is 0.585. The van der Waals surface area contributed by atoms with E-state index in [9.17, 15) is 39.9 Å². The number of methoxy groups -OCH3 is 1. The van der Waals surface area contributed by atoms with Crippen LogP contribution in [0, 0.1) is 24.7 Å². The van der Waals surface area contributed by atoms with Crippen LogP contribution in [0.5, 0.6) is 5.75 Å². The molecule has 3 aromatic rings. The van der Waals surface area contributed by atoms with E-state index in [1.807, 2.05) is 11.8 Å². The number of hydrogen-bond donors (Lipinski definition) is 5. The lowest BCUT2D eigenvalue weighted by Gasteiger charge is -2.42. The van der Waals surface area contributed by atoms with E-state index in [0.717, 1.165) is 0 Å². The van der Waals surface area contributed by atoms with E-state index in [0.29, 0.717) is 58.0 Å². The summed E-state index contributed by atoms with van der Waals surface area (Å²) in [6, 6.07) is 11.2. The monoisotopic (exact) mass is 914 g/mol. The molecule has 2 aromatic carbocycles. The number of aliphatic hydroxyl groups excluding tert-OH is 3. The lowest BCUT2D eigenvalue weighted by atomic mass is 9.78. The Hall–Kier alpha value is -2.83. The fourth-order valence-electron chi connectivity index (χ4n) is 7.70. The van der Waals surface area contributed by atoms with Crippen LogP contribution < -0.4 is 4.74 Å². The zero-order chi connectivity index (χ0) is 41.9. The molecule has 2 heterocycles. The second-order valence-electron chi connectivity index (χ2n) is 15.8. The highest BCUT2D eigenvalue weighted by molar-refractivity contribution is 14.1. The number of rotatable bonds is 8. The van der Waals surface area contributed by atoms with Gasteiger partial charge in [-0.15, -0.1) is 0 Å². The van der Waals surface area contributed by atoms with Crippen LogP contribution >= 0.6 is 34.2 Å². The summed E-state index contributed by atoms with van der Waals surface area (Å²) in [5.41, 5.74) is -1.33. The maximum Gasteiger partial charge on any atom is 0.312 e. The topological polar surface area (TPSA) is 188 Å². The van der Waals surface area contributed by atoms with E-state index in [-0.39, 0.29) is 31.3 Å². The van der Waals surface area contributed by atoms with Gasteiger partial charge in [0.05, 0.1) is 49.4 Å². The summed E-state index contributed by atoms with van der Waals surface area (Å²) in [7, 11) is 1.54. The van der Waals surface area contributed by atoms with Gasteiger partial charge in [-0.2, -0.15) is 0 Å². The van der Waals surface area contributed by atoms with Crippen LogP contribution in [0.25, 0.3) is 10.9 Å². The van der Waals surface area contributed by atoms with Crippen molar-refractivity contribution < 1.29 is 54.1 Å². The summed E-state index contributed by atoms with van der Waals surface area (Å²) in [4.78, 5) is 42.0. The lowest BCUT2D eigenvalue weighted by Crippen LogP contribution is -2.58. The Morgan fingerprint density at radius 2 is 1.66 bits per heavy atom. The molecule has 4 rings (SSSR count). The zero-order valence-corrected chi connectivity index (χ0v) is 36.2. The summed E-state index contributed by atoms with van der Waals surface area (Å²) < 4.78 is 17.0. The van der Waals surface area contributed by atoms with Gasteiger partial charge in [0.2, 0.25) is 0 Å². The second kappa shape index (κ2) is 18.8. The number of carbonyl (C=O) groups is 3. The predicted octanol–water partition coefficient (Wildman–Crippen LogP) is 4.67. The molecule has 0 aliphatic carbocycles. The summed E-state index contributed by atoms with van der Waals surface area (Å²) >= 11 is 7.80. The highest BCUT2D eigenvalue weighted by Crippen LogP contribution is 2.34. The van der Waals surface area contributed by atoms with Crippen molar-refractivity contribution in [3.05, 3.63) is 64.3 Å². The van der Waals surface area contributed by atoms with E-state index in [2.05, 4.69) is 0 Å². The highest BCUT2D eigenvalue weighted by Gasteiger charge is 2.47. The lowest BCUT2D eigenvalue weighted by molar-refractivity contribution is -0.176. The second-order valence-corrected chi connectivity index (χ2v) is 17.3. The summed E-state index contributed by atoms with van der Waals surface area (Å²) in [5, 5.41) is 57.7. The standard InChI is InChI=1S/C41H56ClIN2O11/c1-22-20-40(6,52)35(48)23(2)34(47)24(3)38(51)56-39(43)41(7,53)36(49)26(5)44(21-22)16-9-17-55-33(46)19-30-25(4)45(32-15-14-29(54-8)18-31(30)32)37(50)27-10-12-28(42)13-11-27/h10-15,18,22-24,26,34-36,39,47-49,52-53H,9,16-17,19-21H2,1-8H3/t22-,23+,24-,26-,34+,35-,36-,39+,40-,41+/m1/s1. The Bertz CT molecular complexity index is 1850. The van der Waals surface area contributed by atoms with E-state index in [1.54, 1.807) is 90.4 Å². The SMILES string of the molecule is COc1ccc2c(c1)c(CC(=O)OCCCN1C[C@H](C)C[C@@](C)(O)[C@H](O)[C@@H](C)[C@H](O)[C@@H](C)C(=O)O[C@H](I)[C@@](C)(O)[C@H](O)[C@H]1C)c(C)n2C(=O)c1ccc(Cl)cc1. The molecule has 0 saturated carbocycles. The molecular formula is C41H56ClIN2O11. The Kier molecular flexibility index (Phi) is 15.4. The van der Waals surface area contributed by atoms with Crippen molar-refractivity contribution in [3.8, 4) is 5.75 Å². The number of esters is 2. The molecule has 1 aliphatic heterocycles. The number of cyclic esters (lactones) is 1. The highest BCUT2D eigenvalue weighted by atomic mass is 127. The van der Waals surface area contributed by atoms with Crippen molar-refractivity contribution in [2.24, 2.45) is 17.8 Å². The molecule has 1 saturated heterocycles. The first-order valence-electron chi connectivity index (χ1n) is 18.8. The maximum atomic E-state index is 13.7. The molecular weight excluding hydrogens is 859 g/mol. The number of halogens is 2. The van der Waals surface area contributed by atoms with Crippen molar-refractivity contribution >= 4 is 62.9 Å². The molecule has 0 spiro atoms. The van der Waals surface area contributed by atoms with Gasteiger partial charge in [-0.3, -0.25) is 23.9 Å². The van der Waals surface area contributed by atoms with Crippen LogP contribution in [0.4, 0.5) is 0 Å². The number of aromatic nitrogens is 1. The Labute approximate surface area is 347 Å². The number of hydrogen-bond acceptors (Lipinski definition) is 12. The Balaban J connectivity index is 1.52. The molecule has 0 radical (unpaired) electrons. The van der Waals surface area contributed by atoms with Crippen molar-refractivity contribution in [2.45, 2.75) is 107 Å². The normalized spacial score (nSPS) is 31.3. The molecule has 15 heteroatoms. The minimum Gasteiger partial charge on any atom is -0.497 e. The Morgan fingerprint density at radius 1 is 1.02 bits per heavy atom. The zero-order valence-electron chi connectivity index (χ0n) is 33.2. The summed E-state index contributed by atoms with van der Waals surface area (Å²) in [5.74, 6) is -3.32. The molecule has 1 fully saturated rings. The van der Waals surface area contributed by atoms with Gasteiger partial charge in [0.25, 0.3) is 5.91 Å². The van der Waals surface area contributed by atoms with Gasteiger partial charge in [-0.25, -0.2) is 0 Å². The summed E-state index contributed by atoms with van der Waals surface area (Å²) in [6.45, 7) is 11.9. The number of fused-ring (bicyclic) bond motifs is 1. The largest absolute Gasteiger partial charge is 0.497 e. The van der Waals surface area contributed by atoms with Gasteiger partial charge in [-0.1, -0.05) is 25.4 Å². The average Bonchev–Trinajstić information content (AvgIpc) is 3.42. The quantitative estimate of drug-likeness (QED) is 0.0912. The number of carbonyl (C=O) groups excluding carboxylic acids is 3. The van der Waals surface area contributed by atoms with Gasteiger partial charge in [0, 0.05) is 46.7 Å². The van der Waals surface area contributed by atoms with E-state index < -0.39 is 63.4 Å². The first-order valence-corrected chi connectivity index (χ1v) is 20.5. The predicted molar refractivity (Wildman–Crippen MR) is 220 cm³/mol. The van der Waals surface area contributed by atoms with Crippen LogP contribution in [0.1, 0.15) is 76.0 Å². The van der Waals surface area contributed by atoms with Crippen molar-refractivity contribution in [3.63, 3.8) is 0 Å². The van der Waals surface area contributed by atoms with Gasteiger partial charge in [-0.05, 0) is 124 Å². The van der Waals surface area contributed by atoms with Gasteiger partial charge < -0.3 is 39.7 Å². The van der Waals surface area contributed by atoms with Crippen molar-refractivity contribution in [1.29, 1.82) is 0 Å². The van der Waals surface area contributed by atoms with Gasteiger partial charge in [0.1, 0.15) is 17.5 Å². The minimum atomic E-state index is -1.92. The molecule has 310 valence electrons. The molecule has 5 N–H and O–H groups in total. The van der Waals surface area contributed by atoms with Crippen LogP contribution in [0.2, 0.25) is 5.02 Å². The molecule has 1 aromatic heterocycles. The number of benzene rings is 2. The van der Waals surface area contributed by atoms with Crippen molar-refractivity contribution in [2.75, 3.05) is 26.8 Å². The van der Waals surface area contributed by atoms with Crippen LogP contribution in [0.15, 0.2) is 42.5 Å². The molecule has 10 atom stereocenters. The smallest absolute Gasteiger partial charge is 0.312 e. The third kappa shape index (κ3) is 10.2. The van der Waals surface area contributed by atoms with Crippen LogP contribution in [-0.4, -0.2) is 119 Å². The number of ether oxygens (including phenoxy) is 3. The Morgan fingerprint density at radius 3 is 2.29 bits per heavy atom. The molecule has 0 amide bonds. The summed E-state index contributed by atoms with van der Waals surface area (Å²) in [6.07, 6.45) is -3.83. The van der Waals surface area contributed by atoms with E-state index in [4.69, 9.17) is 25.8 Å². The van der Waals surface area contributed by atoms with Crippen molar-refractivity contribution in [1.82, 2.24) is 9.47 Å². The number of alkyl halides is 1. The van der Waals surface area contributed by atoms with Gasteiger partial charge >= 0.3 is 11.9 Å². The first-order chi connectivity index (χ1) is 26.1. The fourth-order valence-corrected chi connectivity index (χ4v) is 8.44. The minimum absolute atomic E-state index is 0.0177. The molecule has 0 bridgehead atoms. The number of aliphatic hydroxyl groups is 5. The molecule has 1 aliphatic rings.